The molecule has 0 spiro atoms. The van der Waals surface area contributed by atoms with Gasteiger partial charge in [-0.25, -0.2) is 13.9 Å². The summed E-state index contributed by atoms with van der Waals surface area (Å²) in [5, 5.41) is 0. The monoisotopic (exact) mass is 312 g/mol. The van der Waals surface area contributed by atoms with Gasteiger partial charge in [-0.1, -0.05) is 18.2 Å². The van der Waals surface area contributed by atoms with Crippen LogP contribution < -0.4 is 4.52 Å². The molecule has 7 heteroatoms. The molecule has 0 amide bonds. The van der Waals surface area contributed by atoms with E-state index >= 15 is 0 Å². The van der Waals surface area contributed by atoms with Gasteiger partial charge in [-0.05, 0) is 12.1 Å². The molecule has 2 heterocycles. The number of hydrogen-bond acceptors (Lipinski definition) is 4. The Morgan fingerprint density at radius 3 is 1.81 bits per heavy atom. The third-order valence-electron chi connectivity index (χ3n) is 3.66. The summed E-state index contributed by atoms with van der Waals surface area (Å²) in [5.74, 6) is 0.638. The van der Waals surface area contributed by atoms with Crippen LogP contribution in [0.5, 0.6) is 5.75 Å². The quantitative estimate of drug-likeness (QED) is 0.791. The molecule has 2 aliphatic rings. The molecule has 1 aromatic rings. The van der Waals surface area contributed by atoms with Crippen LogP contribution >= 0.6 is 7.67 Å². The Bertz CT molecular complexity index is 465. The number of benzene rings is 1. The molecule has 0 bridgehead atoms. The van der Waals surface area contributed by atoms with Gasteiger partial charge in [-0.15, -0.1) is 0 Å². The first-order valence-electron chi connectivity index (χ1n) is 7.30. The SMILES string of the molecule is O=P(Oc1ccccc1)(N1CCOCC1)N1CCOCC1. The van der Waals surface area contributed by atoms with E-state index in [1.54, 1.807) is 0 Å². The highest BCUT2D eigenvalue weighted by atomic mass is 31.2. The Morgan fingerprint density at radius 2 is 1.33 bits per heavy atom. The summed E-state index contributed by atoms with van der Waals surface area (Å²) in [7, 11) is -3.09. The predicted molar refractivity (Wildman–Crippen MR) is 79.5 cm³/mol. The molecule has 0 saturated carbocycles. The highest BCUT2D eigenvalue weighted by Gasteiger charge is 2.41. The molecule has 1 aromatic carbocycles. The van der Waals surface area contributed by atoms with E-state index in [0.717, 1.165) is 0 Å². The first kappa shape index (κ1) is 15.0. The van der Waals surface area contributed by atoms with E-state index in [4.69, 9.17) is 14.0 Å². The van der Waals surface area contributed by atoms with Crippen LogP contribution in [-0.4, -0.2) is 61.9 Å². The lowest BCUT2D eigenvalue weighted by atomic mass is 10.3. The maximum absolute atomic E-state index is 13.6. The molecule has 2 saturated heterocycles. The van der Waals surface area contributed by atoms with E-state index in [0.29, 0.717) is 58.4 Å². The Balaban J connectivity index is 1.83. The minimum Gasteiger partial charge on any atom is -0.422 e. The second kappa shape index (κ2) is 6.90. The topological polar surface area (TPSA) is 51.2 Å². The molecule has 0 radical (unpaired) electrons. The van der Waals surface area contributed by atoms with Crippen LogP contribution in [0.3, 0.4) is 0 Å². The van der Waals surface area contributed by atoms with E-state index in [-0.39, 0.29) is 0 Å². The van der Waals surface area contributed by atoms with Gasteiger partial charge in [0, 0.05) is 26.2 Å². The molecular formula is C14H21N2O4P. The van der Waals surface area contributed by atoms with Gasteiger partial charge in [-0.2, -0.15) is 0 Å². The van der Waals surface area contributed by atoms with E-state index in [1.807, 2.05) is 39.7 Å². The molecule has 0 aliphatic carbocycles. The molecule has 6 nitrogen and oxygen atoms in total. The Kier molecular flexibility index (Phi) is 4.93. The molecule has 0 atom stereocenters. The van der Waals surface area contributed by atoms with Crippen LogP contribution in [0.2, 0.25) is 0 Å². The minimum absolute atomic E-state index is 0.590. The average Bonchev–Trinajstić information content (AvgIpc) is 2.57. The van der Waals surface area contributed by atoms with E-state index in [2.05, 4.69) is 0 Å². The van der Waals surface area contributed by atoms with Crippen molar-refractivity contribution in [2.24, 2.45) is 0 Å². The zero-order valence-corrected chi connectivity index (χ0v) is 12.9. The molecule has 3 rings (SSSR count). The lowest BCUT2D eigenvalue weighted by Crippen LogP contribution is -2.44. The molecule has 21 heavy (non-hydrogen) atoms. The molecule has 0 unspecified atom stereocenters. The molecule has 0 N–H and O–H groups in total. The number of ether oxygens (including phenoxy) is 2. The number of para-hydroxylation sites is 1. The lowest BCUT2D eigenvalue weighted by Gasteiger charge is -2.40. The van der Waals surface area contributed by atoms with Crippen molar-refractivity contribution in [2.45, 2.75) is 0 Å². The summed E-state index contributed by atoms with van der Waals surface area (Å²) in [6.07, 6.45) is 0. The zero-order chi connectivity index (χ0) is 14.5. The zero-order valence-electron chi connectivity index (χ0n) is 12.0. The second-order valence-corrected chi connectivity index (χ2v) is 7.32. The number of hydrogen-bond donors (Lipinski definition) is 0. The summed E-state index contributed by atoms with van der Waals surface area (Å²) in [4.78, 5) is 0. The van der Waals surface area contributed by atoms with Crippen LogP contribution in [-0.2, 0) is 14.0 Å². The van der Waals surface area contributed by atoms with Crippen molar-refractivity contribution in [3.8, 4) is 5.75 Å². The molecule has 2 fully saturated rings. The summed E-state index contributed by atoms with van der Waals surface area (Å²) < 4.78 is 34.2. The van der Waals surface area contributed by atoms with Gasteiger partial charge >= 0.3 is 7.67 Å². The van der Waals surface area contributed by atoms with E-state index in [1.165, 1.54) is 0 Å². The maximum atomic E-state index is 13.6. The van der Waals surface area contributed by atoms with Crippen LogP contribution in [0.4, 0.5) is 0 Å². The van der Waals surface area contributed by atoms with Crippen molar-refractivity contribution >= 4 is 7.67 Å². The van der Waals surface area contributed by atoms with Gasteiger partial charge in [-0.3, -0.25) is 0 Å². The normalized spacial score (nSPS) is 22.1. The van der Waals surface area contributed by atoms with Crippen molar-refractivity contribution in [2.75, 3.05) is 52.6 Å². The van der Waals surface area contributed by atoms with Crippen LogP contribution in [0.25, 0.3) is 0 Å². The summed E-state index contributed by atoms with van der Waals surface area (Å²) in [6.45, 7) is 4.86. The standard InChI is InChI=1S/C14H21N2O4P/c17-21(15-6-10-18-11-7-15,16-8-12-19-13-9-16)20-14-4-2-1-3-5-14/h1-5H,6-13H2. The summed E-state index contributed by atoms with van der Waals surface area (Å²) in [5.41, 5.74) is 0. The largest absolute Gasteiger partial charge is 0.422 e. The van der Waals surface area contributed by atoms with Gasteiger partial charge in [0.1, 0.15) is 5.75 Å². The van der Waals surface area contributed by atoms with Crippen LogP contribution in [0.15, 0.2) is 30.3 Å². The van der Waals surface area contributed by atoms with Crippen molar-refractivity contribution in [3.05, 3.63) is 30.3 Å². The fourth-order valence-corrected chi connectivity index (χ4v) is 4.85. The first-order chi connectivity index (χ1) is 10.3. The fraction of sp³-hybridized carbons (Fsp3) is 0.571. The van der Waals surface area contributed by atoms with Crippen LogP contribution in [0, 0.1) is 0 Å². The summed E-state index contributed by atoms with van der Waals surface area (Å²) in [6, 6.07) is 9.37. The van der Waals surface area contributed by atoms with Crippen molar-refractivity contribution < 1.29 is 18.6 Å². The molecular weight excluding hydrogens is 291 g/mol. The van der Waals surface area contributed by atoms with Gasteiger partial charge in [0.05, 0.1) is 26.4 Å². The summed E-state index contributed by atoms with van der Waals surface area (Å²) >= 11 is 0. The third kappa shape index (κ3) is 3.47. The highest BCUT2D eigenvalue weighted by molar-refractivity contribution is 7.54. The third-order valence-corrected chi connectivity index (χ3v) is 6.34. The van der Waals surface area contributed by atoms with Crippen molar-refractivity contribution in [1.82, 2.24) is 9.34 Å². The highest BCUT2D eigenvalue weighted by Crippen LogP contribution is 2.54. The van der Waals surface area contributed by atoms with Gasteiger partial charge in [0.25, 0.3) is 0 Å². The Morgan fingerprint density at radius 1 is 0.857 bits per heavy atom. The first-order valence-corrected chi connectivity index (χ1v) is 8.83. The van der Waals surface area contributed by atoms with Gasteiger partial charge in [0.15, 0.2) is 0 Å². The molecule has 116 valence electrons. The van der Waals surface area contributed by atoms with Crippen molar-refractivity contribution in [1.29, 1.82) is 0 Å². The maximum Gasteiger partial charge on any atom is 0.396 e. The Hall–Kier alpha value is -0.910. The molecule has 2 aliphatic heterocycles. The molecule has 0 aromatic heterocycles. The van der Waals surface area contributed by atoms with Crippen molar-refractivity contribution in [3.63, 3.8) is 0 Å². The van der Waals surface area contributed by atoms with E-state index in [9.17, 15) is 4.57 Å². The van der Waals surface area contributed by atoms with E-state index < -0.39 is 7.67 Å². The van der Waals surface area contributed by atoms with Gasteiger partial charge < -0.3 is 14.0 Å². The van der Waals surface area contributed by atoms with Crippen LogP contribution in [0.1, 0.15) is 0 Å². The number of morpholine rings is 2. The fourth-order valence-electron chi connectivity index (χ4n) is 2.53. The average molecular weight is 312 g/mol. The smallest absolute Gasteiger partial charge is 0.396 e. The lowest BCUT2D eigenvalue weighted by molar-refractivity contribution is 0.0446. The predicted octanol–water partition coefficient (Wildman–Crippen LogP) is 1.84. The second-order valence-electron chi connectivity index (χ2n) is 5.03. The number of rotatable bonds is 4. The number of nitrogens with zero attached hydrogens (tertiary/aromatic N) is 2. The minimum atomic E-state index is -3.09. The Labute approximate surface area is 125 Å². The van der Waals surface area contributed by atoms with Gasteiger partial charge in [0.2, 0.25) is 0 Å².